The van der Waals surface area contributed by atoms with Gasteiger partial charge < -0.3 is 9.47 Å². The van der Waals surface area contributed by atoms with E-state index in [1.807, 2.05) is 12.1 Å². The molecule has 1 aromatic heterocycles. The first-order valence-corrected chi connectivity index (χ1v) is 11.5. The van der Waals surface area contributed by atoms with Crippen molar-refractivity contribution in [1.29, 1.82) is 0 Å². The predicted octanol–water partition coefficient (Wildman–Crippen LogP) is 4.92. The van der Waals surface area contributed by atoms with Crippen molar-refractivity contribution in [3.05, 3.63) is 105 Å². The lowest BCUT2D eigenvalue weighted by Gasteiger charge is -2.26. The zero-order valence-electron chi connectivity index (χ0n) is 20.0. The van der Waals surface area contributed by atoms with Gasteiger partial charge in [0.05, 0.1) is 41.5 Å². The molecule has 0 unspecified atom stereocenters. The molecule has 1 amide bonds. The van der Waals surface area contributed by atoms with Gasteiger partial charge in [-0.15, -0.1) is 0 Å². The number of nitrogens with one attached hydrogen (secondary N) is 1. The van der Waals surface area contributed by atoms with E-state index in [0.29, 0.717) is 39.4 Å². The number of amides is 1. The molecule has 2 heterocycles. The molecule has 10 nitrogen and oxygen atoms in total. The third-order valence-corrected chi connectivity index (χ3v) is 6.22. The fourth-order valence-electron chi connectivity index (χ4n) is 4.53. The van der Waals surface area contributed by atoms with Crippen molar-refractivity contribution >= 4 is 23.3 Å². The highest BCUT2D eigenvalue weighted by Gasteiger charge is 2.45. The summed E-state index contributed by atoms with van der Waals surface area (Å²) in [5, 5.41) is 19.2. The van der Waals surface area contributed by atoms with E-state index in [9.17, 15) is 19.7 Å². The molecule has 186 valence electrons. The summed E-state index contributed by atoms with van der Waals surface area (Å²) in [6, 6.07) is 19.0. The van der Waals surface area contributed by atoms with Gasteiger partial charge in [0.25, 0.3) is 11.6 Å². The SMILES string of the molecule is CCOC(=O)c1ccc(N2C(=O)c3[nH]nc(-c4ccc(OC)cc4)c3[C@@H]2c2ccccc2[N+](=O)[O-])cc1. The normalized spacial score (nSPS) is 14.4. The molecule has 0 saturated carbocycles. The fraction of sp³-hybridized carbons (Fsp3) is 0.148. The number of aromatic amines is 1. The number of methoxy groups -OCH3 is 1. The average molecular weight is 498 g/mol. The summed E-state index contributed by atoms with van der Waals surface area (Å²) in [7, 11) is 1.57. The van der Waals surface area contributed by atoms with E-state index in [1.54, 1.807) is 68.6 Å². The Labute approximate surface area is 211 Å². The van der Waals surface area contributed by atoms with Crippen LogP contribution in [0.15, 0.2) is 72.8 Å². The summed E-state index contributed by atoms with van der Waals surface area (Å²) in [5.41, 5.74) is 3.00. The summed E-state index contributed by atoms with van der Waals surface area (Å²) in [4.78, 5) is 38.8. The topological polar surface area (TPSA) is 128 Å². The largest absolute Gasteiger partial charge is 0.497 e. The lowest BCUT2D eigenvalue weighted by atomic mass is 9.94. The van der Waals surface area contributed by atoms with Gasteiger partial charge in [0.2, 0.25) is 0 Å². The number of ether oxygens (including phenoxy) is 2. The quantitative estimate of drug-likeness (QED) is 0.218. The van der Waals surface area contributed by atoms with Gasteiger partial charge in [0.15, 0.2) is 0 Å². The van der Waals surface area contributed by atoms with Crippen molar-refractivity contribution in [3.8, 4) is 17.0 Å². The summed E-state index contributed by atoms with van der Waals surface area (Å²) in [6.45, 7) is 1.95. The number of benzene rings is 3. The van der Waals surface area contributed by atoms with Gasteiger partial charge >= 0.3 is 5.97 Å². The molecule has 0 fully saturated rings. The molecule has 3 aromatic carbocycles. The number of nitro benzene ring substituents is 1. The molecular weight excluding hydrogens is 476 g/mol. The van der Waals surface area contributed by atoms with Gasteiger partial charge in [0, 0.05) is 22.9 Å². The molecule has 1 atom stereocenters. The van der Waals surface area contributed by atoms with Crippen LogP contribution in [-0.2, 0) is 4.74 Å². The minimum absolute atomic E-state index is 0.122. The third-order valence-electron chi connectivity index (χ3n) is 6.22. The molecule has 1 aliphatic rings. The summed E-state index contributed by atoms with van der Waals surface area (Å²) >= 11 is 0. The highest BCUT2D eigenvalue weighted by Crippen LogP contribution is 2.47. The Morgan fingerprint density at radius 2 is 1.78 bits per heavy atom. The summed E-state index contributed by atoms with van der Waals surface area (Å²) in [5.74, 6) is -0.215. The maximum Gasteiger partial charge on any atom is 0.338 e. The summed E-state index contributed by atoms with van der Waals surface area (Å²) in [6.07, 6.45) is 0. The zero-order valence-corrected chi connectivity index (χ0v) is 20.0. The van der Waals surface area contributed by atoms with E-state index in [1.165, 1.54) is 11.0 Å². The first-order valence-electron chi connectivity index (χ1n) is 11.5. The highest BCUT2D eigenvalue weighted by molar-refractivity contribution is 6.12. The van der Waals surface area contributed by atoms with Crippen molar-refractivity contribution in [3.63, 3.8) is 0 Å². The van der Waals surface area contributed by atoms with Gasteiger partial charge in [-0.1, -0.05) is 12.1 Å². The van der Waals surface area contributed by atoms with Crippen LogP contribution in [0.25, 0.3) is 11.3 Å². The highest BCUT2D eigenvalue weighted by atomic mass is 16.6. The Morgan fingerprint density at radius 1 is 1.08 bits per heavy atom. The van der Waals surface area contributed by atoms with Crippen LogP contribution in [-0.4, -0.2) is 40.7 Å². The number of rotatable bonds is 7. The van der Waals surface area contributed by atoms with Crippen LogP contribution < -0.4 is 9.64 Å². The molecule has 37 heavy (non-hydrogen) atoms. The Bertz CT molecular complexity index is 1490. The fourth-order valence-corrected chi connectivity index (χ4v) is 4.53. The van der Waals surface area contributed by atoms with Crippen LogP contribution in [0.1, 0.15) is 44.9 Å². The maximum atomic E-state index is 13.7. The number of carbonyl (C=O) groups excluding carboxylic acids is 2. The number of aromatic nitrogens is 2. The van der Waals surface area contributed by atoms with Crippen molar-refractivity contribution in [2.24, 2.45) is 0 Å². The number of anilines is 1. The Morgan fingerprint density at radius 3 is 2.43 bits per heavy atom. The molecule has 1 aliphatic heterocycles. The van der Waals surface area contributed by atoms with Gasteiger partial charge in [-0.25, -0.2) is 4.79 Å². The van der Waals surface area contributed by atoms with E-state index >= 15 is 0 Å². The molecule has 10 heteroatoms. The number of hydrogen-bond donors (Lipinski definition) is 1. The second-order valence-corrected chi connectivity index (χ2v) is 8.25. The maximum absolute atomic E-state index is 13.7. The van der Waals surface area contributed by atoms with Gasteiger partial charge in [-0.3, -0.25) is 24.9 Å². The average Bonchev–Trinajstić information content (AvgIpc) is 3.47. The second kappa shape index (κ2) is 9.57. The molecule has 0 aliphatic carbocycles. The molecule has 0 radical (unpaired) electrons. The first-order chi connectivity index (χ1) is 17.9. The van der Waals surface area contributed by atoms with Crippen LogP contribution in [0, 0.1) is 10.1 Å². The van der Waals surface area contributed by atoms with Crippen LogP contribution in [0.4, 0.5) is 11.4 Å². The number of hydrogen-bond acceptors (Lipinski definition) is 7. The monoisotopic (exact) mass is 498 g/mol. The number of H-pyrrole nitrogens is 1. The molecule has 0 bridgehead atoms. The van der Waals surface area contributed by atoms with Gasteiger partial charge in [0.1, 0.15) is 11.4 Å². The zero-order chi connectivity index (χ0) is 26.1. The Hall–Kier alpha value is -4.99. The van der Waals surface area contributed by atoms with E-state index in [-0.39, 0.29) is 18.0 Å². The summed E-state index contributed by atoms with van der Waals surface area (Å²) < 4.78 is 10.3. The van der Waals surface area contributed by atoms with Gasteiger partial charge in [-0.2, -0.15) is 5.10 Å². The molecule has 0 saturated heterocycles. The Kier molecular flexibility index (Phi) is 6.14. The molecule has 0 spiro atoms. The molecule has 5 rings (SSSR count). The predicted molar refractivity (Wildman–Crippen MR) is 135 cm³/mol. The standard InChI is InChI=1S/C27H22N4O6/c1-3-37-27(33)17-8-12-18(13-9-17)30-25(20-6-4-5-7-21(20)31(34)35)22-23(28-29-24(22)26(30)32)16-10-14-19(36-2)15-11-16/h4-15,25H,3H2,1-2H3,(H,28,29)/t25-/m0/s1. The number of nitro groups is 1. The number of carbonyl (C=O) groups is 2. The van der Waals surface area contributed by atoms with Crippen LogP contribution in [0.3, 0.4) is 0 Å². The lowest BCUT2D eigenvalue weighted by molar-refractivity contribution is -0.385. The molecule has 1 N–H and O–H groups in total. The van der Waals surface area contributed by atoms with E-state index in [0.717, 1.165) is 0 Å². The minimum atomic E-state index is -0.839. The van der Waals surface area contributed by atoms with Crippen LogP contribution in [0.5, 0.6) is 5.75 Å². The minimum Gasteiger partial charge on any atom is -0.497 e. The smallest absolute Gasteiger partial charge is 0.338 e. The number of fused-ring (bicyclic) bond motifs is 1. The van der Waals surface area contributed by atoms with Crippen molar-refractivity contribution in [2.45, 2.75) is 13.0 Å². The van der Waals surface area contributed by atoms with Crippen LogP contribution >= 0.6 is 0 Å². The second-order valence-electron chi connectivity index (χ2n) is 8.25. The Balaban J connectivity index is 1.67. The number of esters is 1. The number of para-hydroxylation sites is 1. The molecular formula is C27H22N4O6. The van der Waals surface area contributed by atoms with Gasteiger partial charge in [-0.05, 0) is 61.5 Å². The molecule has 4 aromatic rings. The van der Waals surface area contributed by atoms with Crippen molar-refractivity contribution in [1.82, 2.24) is 10.2 Å². The lowest BCUT2D eigenvalue weighted by Crippen LogP contribution is -2.29. The van der Waals surface area contributed by atoms with E-state index in [2.05, 4.69) is 10.2 Å². The van der Waals surface area contributed by atoms with Crippen LogP contribution in [0.2, 0.25) is 0 Å². The van der Waals surface area contributed by atoms with E-state index < -0.39 is 22.8 Å². The van der Waals surface area contributed by atoms with E-state index in [4.69, 9.17) is 9.47 Å². The van der Waals surface area contributed by atoms with Crippen molar-refractivity contribution < 1.29 is 24.0 Å². The van der Waals surface area contributed by atoms with Crippen molar-refractivity contribution in [2.75, 3.05) is 18.6 Å². The number of nitrogens with zero attached hydrogens (tertiary/aromatic N) is 3. The first kappa shape index (κ1) is 23.7. The third kappa shape index (κ3) is 4.08.